The maximum Gasteiger partial charge on any atom is 0.0921 e. The van der Waals surface area contributed by atoms with Gasteiger partial charge in [-0.05, 0) is 19.3 Å². The lowest BCUT2D eigenvalue weighted by Crippen LogP contribution is -2.14. The number of imidazole rings is 1. The van der Waals surface area contributed by atoms with E-state index >= 15 is 0 Å². The van der Waals surface area contributed by atoms with Gasteiger partial charge in [-0.3, -0.25) is 0 Å². The average Bonchev–Trinajstić information content (AvgIpc) is 2.55. The Bertz CT molecular complexity index is 217. The number of nitrogens with two attached hydrogens (primary N) is 1. The van der Waals surface area contributed by atoms with Gasteiger partial charge in [-0.15, -0.1) is 0 Å². The number of H-pyrrole nitrogens is 1. The van der Waals surface area contributed by atoms with Crippen molar-refractivity contribution in [2.24, 2.45) is 5.73 Å². The molecule has 0 aliphatic heterocycles. The Morgan fingerprint density at radius 2 is 2.45 bits per heavy atom. The Morgan fingerprint density at radius 1 is 1.55 bits per heavy atom. The summed E-state index contributed by atoms with van der Waals surface area (Å²) in [5.74, 6) is 0.632. The number of aromatic nitrogens is 2. The van der Waals surface area contributed by atoms with Crippen molar-refractivity contribution in [3.63, 3.8) is 0 Å². The van der Waals surface area contributed by atoms with E-state index in [0.717, 1.165) is 12.8 Å². The van der Waals surface area contributed by atoms with Gasteiger partial charge >= 0.3 is 0 Å². The third kappa shape index (κ3) is 1.28. The molecule has 0 radical (unpaired) electrons. The lowest BCUT2D eigenvalue weighted by molar-refractivity contribution is 0.664. The monoisotopic (exact) mass is 151 g/mol. The molecule has 1 saturated carbocycles. The lowest BCUT2D eigenvalue weighted by Gasteiger charge is -2.04. The van der Waals surface area contributed by atoms with Crippen molar-refractivity contribution < 1.29 is 0 Å². The predicted octanol–water partition coefficient (Wildman–Crippen LogP) is 1.00. The van der Waals surface area contributed by atoms with Crippen molar-refractivity contribution in [2.75, 3.05) is 0 Å². The predicted molar refractivity (Wildman–Crippen MR) is 43.2 cm³/mol. The Balaban J connectivity index is 2.08. The van der Waals surface area contributed by atoms with Gasteiger partial charge in [-0.1, -0.05) is 0 Å². The summed E-state index contributed by atoms with van der Waals surface area (Å²) >= 11 is 0. The van der Waals surface area contributed by atoms with Crippen LogP contribution >= 0.6 is 0 Å². The average molecular weight is 151 g/mol. The van der Waals surface area contributed by atoms with Crippen LogP contribution in [0.4, 0.5) is 0 Å². The molecule has 60 valence electrons. The minimum atomic E-state index is 0.406. The van der Waals surface area contributed by atoms with Crippen LogP contribution in [0.5, 0.6) is 0 Å². The first-order valence-electron chi connectivity index (χ1n) is 4.10. The Labute approximate surface area is 66.0 Å². The van der Waals surface area contributed by atoms with E-state index < -0.39 is 0 Å². The van der Waals surface area contributed by atoms with Crippen LogP contribution in [-0.2, 0) is 0 Å². The highest BCUT2D eigenvalue weighted by atomic mass is 14.9. The second-order valence-electron chi connectivity index (χ2n) is 3.28. The summed E-state index contributed by atoms with van der Waals surface area (Å²) in [5, 5.41) is 0. The summed E-state index contributed by atoms with van der Waals surface area (Å²) in [6.45, 7) is 0. The van der Waals surface area contributed by atoms with Crippen LogP contribution in [0.3, 0.4) is 0 Å². The summed E-state index contributed by atoms with van der Waals surface area (Å²) < 4.78 is 0. The highest BCUT2D eigenvalue weighted by molar-refractivity contribution is 5.06. The van der Waals surface area contributed by atoms with Crippen LogP contribution in [-0.4, -0.2) is 16.0 Å². The molecule has 2 rings (SSSR count). The Hall–Kier alpha value is -0.830. The molecule has 0 bridgehead atoms. The first-order chi connectivity index (χ1) is 5.36. The largest absolute Gasteiger partial charge is 0.348 e. The molecular formula is C8H13N3. The molecule has 0 spiro atoms. The van der Waals surface area contributed by atoms with Crippen LogP contribution in [0.25, 0.3) is 0 Å². The van der Waals surface area contributed by atoms with Crippen LogP contribution in [0.2, 0.25) is 0 Å². The number of hydrogen-bond acceptors (Lipinski definition) is 2. The van der Waals surface area contributed by atoms with Gasteiger partial charge in [0.15, 0.2) is 0 Å². The third-order valence-corrected chi connectivity index (χ3v) is 2.43. The Kier molecular flexibility index (Phi) is 1.66. The quantitative estimate of drug-likeness (QED) is 0.629. The second kappa shape index (κ2) is 2.66. The van der Waals surface area contributed by atoms with Gasteiger partial charge in [0.05, 0.1) is 6.33 Å². The van der Waals surface area contributed by atoms with E-state index in [-0.39, 0.29) is 0 Å². The topological polar surface area (TPSA) is 54.7 Å². The van der Waals surface area contributed by atoms with Gasteiger partial charge in [0.1, 0.15) is 0 Å². The number of hydrogen-bond donors (Lipinski definition) is 2. The van der Waals surface area contributed by atoms with Gasteiger partial charge in [-0.25, -0.2) is 4.98 Å². The summed E-state index contributed by atoms with van der Waals surface area (Å²) in [6, 6.07) is 0.406. The van der Waals surface area contributed by atoms with Crippen LogP contribution in [0.1, 0.15) is 30.9 Å². The maximum atomic E-state index is 5.80. The molecule has 1 aromatic heterocycles. The van der Waals surface area contributed by atoms with E-state index in [1.54, 1.807) is 6.33 Å². The van der Waals surface area contributed by atoms with Crippen molar-refractivity contribution >= 4 is 0 Å². The zero-order chi connectivity index (χ0) is 7.68. The minimum absolute atomic E-state index is 0.406. The van der Waals surface area contributed by atoms with Crippen LogP contribution in [0.15, 0.2) is 12.5 Å². The fraction of sp³-hybridized carbons (Fsp3) is 0.625. The summed E-state index contributed by atoms with van der Waals surface area (Å²) in [7, 11) is 0. The zero-order valence-corrected chi connectivity index (χ0v) is 6.46. The molecule has 1 heterocycles. The van der Waals surface area contributed by atoms with Crippen molar-refractivity contribution in [3.05, 3.63) is 18.2 Å². The molecule has 2 unspecified atom stereocenters. The minimum Gasteiger partial charge on any atom is -0.348 e. The molecule has 0 saturated heterocycles. The molecule has 1 aliphatic rings. The van der Waals surface area contributed by atoms with Gasteiger partial charge in [-0.2, -0.15) is 0 Å². The molecular weight excluding hydrogens is 138 g/mol. The van der Waals surface area contributed by atoms with E-state index in [1.165, 1.54) is 12.1 Å². The molecule has 3 N–H and O–H groups in total. The fourth-order valence-corrected chi connectivity index (χ4v) is 1.79. The normalized spacial score (nSPS) is 31.0. The first kappa shape index (κ1) is 6.85. The summed E-state index contributed by atoms with van der Waals surface area (Å²) in [5.41, 5.74) is 7.05. The standard InChI is InChI=1S/C8H13N3/c9-7-2-1-6(3-7)8-4-10-5-11-8/h4-7H,1-3,9H2,(H,10,11). The lowest BCUT2D eigenvalue weighted by atomic mass is 10.1. The molecule has 1 aliphatic carbocycles. The number of nitrogens with zero attached hydrogens (tertiary/aromatic N) is 1. The van der Waals surface area contributed by atoms with E-state index in [2.05, 4.69) is 9.97 Å². The van der Waals surface area contributed by atoms with Crippen LogP contribution in [0, 0.1) is 0 Å². The first-order valence-corrected chi connectivity index (χ1v) is 4.10. The number of nitrogens with one attached hydrogen (secondary N) is 1. The summed E-state index contributed by atoms with van der Waals surface area (Å²) in [4.78, 5) is 7.13. The zero-order valence-electron chi connectivity index (χ0n) is 6.46. The van der Waals surface area contributed by atoms with Crippen molar-refractivity contribution in [1.29, 1.82) is 0 Å². The Morgan fingerprint density at radius 3 is 3.00 bits per heavy atom. The van der Waals surface area contributed by atoms with Crippen molar-refractivity contribution in [3.8, 4) is 0 Å². The highest BCUT2D eigenvalue weighted by Crippen LogP contribution is 2.31. The molecule has 1 aromatic rings. The third-order valence-electron chi connectivity index (χ3n) is 2.43. The molecule has 3 nitrogen and oxygen atoms in total. The smallest absolute Gasteiger partial charge is 0.0921 e. The van der Waals surface area contributed by atoms with Gasteiger partial charge in [0.2, 0.25) is 0 Å². The van der Waals surface area contributed by atoms with Crippen LogP contribution < -0.4 is 5.73 Å². The van der Waals surface area contributed by atoms with Crippen molar-refractivity contribution in [1.82, 2.24) is 9.97 Å². The molecule has 2 atom stereocenters. The van der Waals surface area contributed by atoms with Gasteiger partial charge in [0.25, 0.3) is 0 Å². The summed E-state index contributed by atoms with van der Waals surface area (Å²) in [6.07, 6.45) is 7.12. The van der Waals surface area contributed by atoms with E-state index in [0.29, 0.717) is 12.0 Å². The molecule has 1 fully saturated rings. The molecule has 0 amide bonds. The molecule has 0 aromatic carbocycles. The van der Waals surface area contributed by atoms with Gasteiger partial charge < -0.3 is 10.7 Å². The van der Waals surface area contributed by atoms with E-state index in [9.17, 15) is 0 Å². The van der Waals surface area contributed by atoms with Gasteiger partial charge in [0, 0.05) is 23.9 Å². The second-order valence-corrected chi connectivity index (χ2v) is 3.28. The number of aromatic amines is 1. The van der Waals surface area contributed by atoms with E-state index in [1.807, 2.05) is 6.20 Å². The SMILES string of the molecule is NC1CCC(c2cnc[nH]2)C1. The van der Waals surface area contributed by atoms with Crippen molar-refractivity contribution in [2.45, 2.75) is 31.2 Å². The number of rotatable bonds is 1. The van der Waals surface area contributed by atoms with E-state index in [4.69, 9.17) is 5.73 Å². The molecule has 3 heteroatoms. The molecule has 11 heavy (non-hydrogen) atoms. The maximum absolute atomic E-state index is 5.80. The fourth-order valence-electron chi connectivity index (χ4n) is 1.79. The highest BCUT2D eigenvalue weighted by Gasteiger charge is 2.23.